The topological polar surface area (TPSA) is 244 Å². The van der Waals surface area contributed by atoms with Gasteiger partial charge in [-0.2, -0.15) is 0 Å². The molecule has 0 bridgehead atoms. The van der Waals surface area contributed by atoms with Crippen molar-refractivity contribution < 1.29 is 65.7 Å². The van der Waals surface area contributed by atoms with Crippen LogP contribution in [0.5, 0.6) is 11.5 Å². The number of aryl methyl sites for hydroxylation is 2. The first-order valence-corrected chi connectivity index (χ1v) is 16.7. The van der Waals surface area contributed by atoms with Crippen molar-refractivity contribution in [1.82, 2.24) is 10.2 Å². The summed E-state index contributed by atoms with van der Waals surface area (Å²) in [4.78, 5) is 88.9. The van der Waals surface area contributed by atoms with Crippen LogP contribution < -0.4 is 26.4 Å². The summed E-state index contributed by atoms with van der Waals surface area (Å²) in [7, 11) is 0. The molecule has 3 aromatic heterocycles. The van der Waals surface area contributed by atoms with Crippen LogP contribution in [0.25, 0.3) is 0 Å². The van der Waals surface area contributed by atoms with Gasteiger partial charge in [-0.25, -0.2) is 24.0 Å². The Morgan fingerprint density at radius 1 is 0.925 bits per heavy atom. The van der Waals surface area contributed by atoms with E-state index < -0.39 is 72.8 Å². The Bertz CT molecular complexity index is 2110. The van der Waals surface area contributed by atoms with Crippen LogP contribution in [0.2, 0.25) is 0 Å². The Balaban J connectivity index is 1.23. The quantitative estimate of drug-likeness (QED) is 0.146. The van der Waals surface area contributed by atoms with Gasteiger partial charge in [-0.05, 0) is 70.9 Å². The first kappa shape index (κ1) is 38.1. The van der Waals surface area contributed by atoms with Gasteiger partial charge in [0.05, 0.1) is 18.0 Å². The smallest absolute Gasteiger partial charge is 0.479 e. The van der Waals surface area contributed by atoms with Crippen molar-refractivity contribution in [2.24, 2.45) is 0 Å². The number of carbonyl (C=O) groups excluding carboxylic acids is 4. The zero-order valence-electron chi connectivity index (χ0n) is 29.1. The summed E-state index contributed by atoms with van der Waals surface area (Å²) < 4.78 is 41.3. The minimum atomic E-state index is -1.58. The Labute approximate surface area is 303 Å². The fourth-order valence-electron chi connectivity index (χ4n) is 5.05. The lowest BCUT2D eigenvalue weighted by molar-refractivity contribution is -0.151. The molecule has 0 fully saturated rings. The molecule has 5 rings (SSSR count). The molecule has 1 aliphatic rings. The number of amides is 2. The lowest BCUT2D eigenvalue weighted by atomic mass is 10.1. The Morgan fingerprint density at radius 3 is 2.15 bits per heavy atom. The van der Waals surface area contributed by atoms with Crippen LogP contribution in [-0.4, -0.2) is 71.6 Å². The summed E-state index contributed by atoms with van der Waals surface area (Å²) in [5.41, 5.74) is 0.185. The number of carboxylic acid groups (broad SMARTS) is 1. The van der Waals surface area contributed by atoms with E-state index in [1.165, 1.54) is 43.4 Å². The second-order valence-corrected chi connectivity index (χ2v) is 13.7. The molecule has 2 N–H and O–H groups in total. The minimum absolute atomic E-state index is 0.0232. The number of ether oxygens (including phenoxy) is 4. The van der Waals surface area contributed by atoms with E-state index in [0.29, 0.717) is 17.8 Å². The van der Waals surface area contributed by atoms with E-state index in [1.807, 2.05) is 0 Å². The number of thiophene rings is 1. The van der Waals surface area contributed by atoms with E-state index >= 15 is 0 Å². The number of aliphatic carboxylic acids is 1. The highest BCUT2D eigenvalue weighted by molar-refractivity contribution is 7.14. The van der Waals surface area contributed by atoms with E-state index in [1.54, 1.807) is 31.7 Å². The lowest BCUT2D eigenvalue weighted by Crippen LogP contribution is -2.39. The maximum atomic E-state index is 13.1. The van der Waals surface area contributed by atoms with Crippen LogP contribution in [0.1, 0.15) is 80.4 Å². The van der Waals surface area contributed by atoms with Gasteiger partial charge in [0.1, 0.15) is 5.60 Å². The largest absolute Gasteiger partial charge is 0.519 e. The van der Waals surface area contributed by atoms with E-state index in [4.69, 9.17) is 36.6 Å². The highest BCUT2D eigenvalue weighted by Crippen LogP contribution is 2.32. The molecule has 4 heterocycles. The maximum absolute atomic E-state index is 13.1. The number of fused-ring (bicyclic) bond motifs is 1. The molecule has 282 valence electrons. The normalized spacial score (nSPS) is 12.6. The summed E-state index contributed by atoms with van der Waals surface area (Å²) >= 11 is 1.26. The highest BCUT2D eigenvalue weighted by Gasteiger charge is 2.33. The van der Waals surface area contributed by atoms with Crippen molar-refractivity contribution in [2.45, 2.75) is 59.3 Å². The highest BCUT2D eigenvalue weighted by atomic mass is 32.1. The van der Waals surface area contributed by atoms with Crippen LogP contribution in [-0.2, 0) is 32.0 Å². The van der Waals surface area contributed by atoms with Crippen molar-refractivity contribution in [3.8, 4) is 11.5 Å². The number of ketones is 1. The summed E-state index contributed by atoms with van der Waals surface area (Å²) in [6.45, 7) is 6.68. The van der Waals surface area contributed by atoms with Crippen molar-refractivity contribution in [2.75, 3.05) is 26.3 Å². The van der Waals surface area contributed by atoms with Crippen LogP contribution in [0.15, 0.2) is 51.5 Å². The second kappa shape index (κ2) is 15.6. The Morgan fingerprint density at radius 2 is 1.57 bits per heavy atom. The van der Waals surface area contributed by atoms with Crippen molar-refractivity contribution in [3.63, 3.8) is 0 Å². The first-order valence-electron chi connectivity index (χ1n) is 15.9. The number of hydrogen-bond donors (Lipinski definition) is 2. The Hall–Kier alpha value is -6.11. The molecule has 19 heteroatoms. The van der Waals surface area contributed by atoms with Gasteiger partial charge in [0, 0.05) is 17.0 Å². The first-order chi connectivity index (χ1) is 25.0. The van der Waals surface area contributed by atoms with Crippen LogP contribution in [0, 0.1) is 13.8 Å². The van der Waals surface area contributed by atoms with Gasteiger partial charge in [0.15, 0.2) is 53.5 Å². The van der Waals surface area contributed by atoms with E-state index in [9.17, 15) is 38.7 Å². The van der Waals surface area contributed by atoms with Gasteiger partial charge in [0.2, 0.25) is 6.10 Å². The zero-order valence-corrected chi connectivity index (χ0v) is 29.9. The van der Waals surface area contributed by atoms with Gasteiger partial charge in [-0.1, -0.05) is 0 Å². The van der Waals surface area contributed by atoms with Crippen molar-refractivity contribution >= 4 is 41.1 Å². The van der Waals surface area contributed by atoms with Gasteiger partial charge in [-0.15, -0.1) is 11.3 Å². The van der Waals surface area contributed by atoms with E-state index in [0.717, 1.165) is 10.4 Å². The number of nitrogens with one attached hydrogen (secondary N) is 1. The predicted octanol–water partition coefficient (Wildman–Crippen LogP) is 3.54. The number of benzene rings is 1. The summed E-state index contributed by atoms with van der Waals surface area (Å²) in [5.74, 6) is -6.75. The number of esters is 1. The SMILES string of the molecule is Cc1oc(=O)oc1C(OC(=O)COc1ccc(C(=O)CNC(=O)c2cc3c(s2)CCN(C(=O)OC(C)(C)C)C3)cc1OCC(=O)O)c1oc(=O)oc1C. The maximum Gasteiger partial charge on any atom is 0.519 e. The number of nitrogens with zero attached hydrogens (tertiary/aromatic N) is 1. The van der Waals surface area contributed by atoms with E-state index in [-0.39, 0.29) is 46.6 Å². The van der Waals surface area contributed by atoms with Crippen LogP contribution >= 0.6 is 11.3 Å². The minimum Gasteiger partial charge on any atom is -0.479 e. The molecule has 0 atom stereocenters. The molecule has 0 saturated carbocycles. The summed E-state index contributed by atoms with van der Waals surface area (Å²) in [6, 6.07) is 5.42. The van der Waals surface area contributed by atoms with Crippen LogP contribution in [0.4, 0.5) is 4.79 Å². The van der Waals surface area contributed by atoms with Gasteiger partial charge in [-0.3, -0.25) is 9.59 Å². The average Bonchev–Trinajstić information content (AvgIpc) is 3.77. The number of carboxylic acids is 1. The number of Topliss-reactive ketones (excluding diaryl/α,β-unsaturated/α-hetero) is 1. The Kier molecular flexibility index (Phi) is 11.3. The number of rotatable bonds is 13. The molecule has 0 aliphatic carbocycles. The molecule has 0 unspecified atom stereocenters. The molecule has 53 heavy (non-hydrogen) atoms. The van der Waals surface area contributed by atoms with Gasteiger partial charge in [0.25, 0.3) is 5.91 Å². The van der Waals surface area contributed by atoms with E-state index in [2.05, 4.69) is 5.32 Å². The van der Waals surface area contributed by atoms with Crippen molar-refractivity contribution in [1.29, 1.82) is 0 Å². The third-order valence-corrected chi connectivity index (χ3v) is 8.63. The lowest BCUT2D eigenvalue weighted by Gasteiger charge is -2.29. The molecule has 1 aromatic carbocycles. The molecule has 0 saturated heterocycles. The fourth-order valence-corrected chi connectivity index (χ4v) is 6.13. The molecule has 4 aromatic rings. The monoisotopic (exact) mass is 758 g/mol. The predicted molar refractivity (Wildman–Crippen MR) is 178 cm³/mol. The standard InChI is InChI=1S/C34H34N2O16S/c1-16-27(50-32(43)47-16)29(28-17(2)48-33(44)51-28)49-26(40)15-46-21-7-6-18(10-22(21)45-14-25(38)39)20(37)12-35-30(41)24-11-19-13-36(9-8-23(19)53-24)31(42)52-34(3,4)5/h6-7,10-11,29H,8-9,12-15H2,1-5H3,(H,35,41)(H,38,39). The second-order valence-electron chi connectivity index (χ2n) is 12.6. The molecule has 0 spiro atoms. The number of carbonyl (C=O) groups is 5. The average molecular weight is 759 g/mol. The van der Waals surface area contributed by atoms with Gasteiger partial charge >= 0.3 is 29.7 Å². The molecule has 0 radical (unpaired) electrons. The third kappa shape index (κ3) is 9.61. The summed E-state index contributed by atoms with van der Waals surface area (Å²) in [5, 5.41) is 11.7. The van der Waals surface area contributed by atoms with Crippen molar-refractivity contribution in [3.05, 3.63) is 89.4 Å². The van der Waals surface area contributed by atoms with Gasteiger partial charge < -0.3 is 51.9 Å². The van der Waals surface area contributed by atoms with Crippen LogP contribution in [0.3, 0.4) is 0 Å². The summed E-state index contributed by atoms with van der Waals surface area (Å²) in [6.07, 6.45) is -1.48. The third-order valence-electron chi connectivity index (χ3n) is 7.39. The fraction of sp³-hybridized carbons (Fsp3) is 0.382. The molecule has 2 amide bonds. The zero-order chi connectivity index (χ0) is 38.6. The molecular formula is C34H34N2O16S. The molecule has 1 aliphatic heterocycles. The molecular weight excluding hydrogens is 724 g/mol. The molecule has 18 nitrogen and oxygen atoms in total. The number of hydrogen-bond acceptors (Lipinski definition) is 16.